The third-order valence-corrected chi connectivity index (χ3v) is 5.15. The summed E-state index contributed by atoms with van der Waals surface area (Å²) in [5, 5.41) is 11.4. The zero-order valence-electron chi connectivity index (χ0n) is 15.6. The number of amidine groups is 1. The summed E-state index contributed by atoms with van der Waals surface area (Å²) in [7, 11) is 1.64. The van der Waals surface area contributed by atoms with Gasteiger partial charge in [-0.3, -0.25) is 15.1 Å². The average molecular weight is 392 g/mol. The summed E-state index contributed by atoms with van der Waals surface area (Å²) in [5.74, 6) is 1.47. The van der Waals surface area contributed by atoms with Gasteiger partial charge in [0.25, 0.3) is 5.91 Å². The summed E-state index contributed by atoms with van der Waals surface area (Å²) in [6, 6.07) is 15.4. The van der Waals surface area contributed by atoms with Gasteiger partial charge in [-0.05, 0) is 35.6 Å². The van der Waals surface area contributed by atoms with Crippen LogP contribution < -0.4 is 20.6 Å². The van der Waals surface area contributed by atoms with Gasteiger partial charge in [-0.1, -0.05) is 55.1 Å². The molecule has 2 aromatic rings. The smallest absolute Gasteiger partial charge is 0.276 e. The molecule has 2 aromatic carbocycles. The zero-order valence-corrected chi connectivity index (χ0v) is 16.4. The molecule has 0 spiro atoms. The van der Waals surface area contributed by atoms with Gasteiger partial charge in [0.05, 0.1) is 12.5 Å². The van der Waals surface area contributed by atoms with Crippen molar-refractivity contribution < 1.29 is 9.53 Å². The highest BCUT2D eigenvalue weighted by Crippen LogP contribution is 2.22. The number of carbonyl (C=O) groups excluding carboxylic acids is 1. The van der Waals surface area contributed by atoms with E-state index in [9.17, 15) is 4.79 Å². The van der Waals surface area contributed by atoms with Crippen LogP contribution in [0.1, 0.15) is 12.5 Å². The molecular formula is C21H20N4O2S. The average Bonchev–Trinajstić information content (AvgIpc) is 2.72. The lowest BCUT2D eigenvalue weighted by molar-refractivity contribution is -0.116. The minimum atomic E-state index is -0.398. The number of nitrogens with zero attached hydrogens (tertiary/aromatic N) is 3. The number of hydrogen-bond donors (Lipinski definition) is 1. The van der Waals surface area contributed by atoms with Crippen LogP contribution in [-0.4, -0.2) is 35.1 Å². The number of methoxy groups -OCH3 is 1. The highest BCUT2D eigenvalue weighted by atomic mass is 32.2. The Bertz CT molecular complexity index is 1080. The quantitative estimate of drug-likeness (QED) is 0.864. The number of amides is 1. The maximum atomic E-state index is 12.8. The van der Waals surface area contributed by atoms with E-state index in [2.05, 4.69) is 10.4 Å². The van der Waals surface area contributed by atoms with Crippen LogP contribution in [0, 0.1) is 0 Å². The fourth-order valence-electron chi connectivity index (χ4n) is 3.09. The van der Waals surface area contributed by atoms with Gasteiger partial charge in [0.2, 0.25) is 0 Å². The maximum absolute atomic E-state index is 12.8. The van der Waals surface area contributed by atoms with Crippen molar-refractivity contribution in [1.29, 1.82) is 0 Å². The highest BCUT2D eigenvalue weighted by molar-refractivity contribution is 8.13. The molecule has 0 radical (unpaired) electrons. The lowest BCUT2D eigenvalue weighted by atomic mass is 10.1. The second-order valence-electron chi connectivity index (χ2n) is 6.18. The molecule has 2 aliphatic rings. The summed E-state index contributed by atoms with van der Waals surface area (Å²) in [4.78, 5) is 17.6. The Balaban J connectivity index is 1.76. The first-order valence-corrected chi connectivity index (χ1v) is 9.99. The van der Waals surface area contributed by atoms with Gasteiger partial charge < -0.3 is 4.74 Å². The largest absolute Gasteiger partial charge is 0.497 e. The highest BCUT2D eigenvalue weighted by Gasteiger charge is 2.32. The van der Waals surface area contributed by atoms with Gasteiger partial charge in [0, 0.05) is 5.22 Å². The number of hydrazone groups is 1. The van der Waals surface area contributed by atoms with E-state index in [1.54, 1.807) is 12.1 Å². The lowest BCUT2D eigenvalue weighted by Gasteiger charge is -2.32. The van der Waals surface area contributed by atoms with Gasteiger partial charge in [0.1, 0.15) is 11.4 Å². The van der Waals surface area contributed by atoms with Crippen LogP contribution in [0.5, 0.6) is 5.75 Å². The van der Waals surface area contributed by atoms with Crippen molar-refractivity contribution in [3.8, 4) is 5.75 Å². The van der Waals surface area contributed by atoms with E-state index < -0.39 is 6.17 Å². The SMILES string of the molecule is CCSC1=NN2C(=c3ccccc3=N[C@@H]2/C=C/c2ccc(OC)cc2)C(=O)N1. The molecular weight excluding hydrogens is 372 g/mol. The summed E-state index contributed by atoms with van der Waals surface area (Å²) in [5.41, 5.74) is 1.54. The van der Waals surface area contributed by atoms with E-state index in [0.29, 0.717) is 10.9 Å². The Morgan fingerprint density at radius 3 is 2.75 bits per heavy atom. The van der Waals surface area contributed by atoms with Crippen molar-refractivity contribution in [1.82, 2.24) is 10.3 Å². The van der Waals surface area contributed by atoms with Crippen LogP contribution >= 0.6 is 11.8 Å². The minimum absolute atomic E-state index is 0.156. The van der Waals surface area contributed by atoms with E-state index in [1.807, 2.05) is 67.6 Å². The Morgan fingerprint density at radius 2 is 2.00 bits per heavy atom. The molecule has 0 bridgehead atoms. The minimum Gasteiger partial charge on any atom is -0.497 e. The van der Waals surface area contributed by atoms with Gasteiger partial charge in [0.15, 0.2) is 11.3 Å². The number of hydrogen-bond acceptors (Lipinski definition) is 6. The van der Waals surface area contributed by atoms with Gasteiger partial charge in [-0.15, -0.1) is 5.10 Å². The Morgan fingerprint density at radius 1 is 1.21 bits per heavy atom. The van der Waals surface area contributed by atoms with Crippen LogP contribution in [-0.2, 0) is 4.79 Å². The monoisotopic (exact) mass is 392 g/mol. The predicted octanol–water partition coefficient (Wildman–Crippen LogP) is 1.93. The van der Waals surface area contributed by atoms with Crippen LogP contribution in [0.2, 0.25) is 0 Å². The summed E-state index contributed by atoms with van der Waals surface area (Å²) >= 11 is 1.50. The molecule has 0 fully saturated rings. The molecule has 4 rings (SSSR count). The normalized spacial score (nSPS) is 18.1. The van der Waals surface area contributed by atoms with Gasteiger partial charge in [-0.2, -0.15) is 0 Å². The Hall–Kier alpha value is -3.06. The molecule has 1 atom stereocenters. The van der Waals surface area contributed by atoms with Crippen molar-refractivity contribution in [2.24, 2.45) is 10.1 Å². The van der Waals surface area contributed by atoms with Crippen molar-refractivity contribution >= 4 is 34.6 Å². The van der Waals surface area contributed by atoms with Crippen molar-refractivity contribution in [2.45, 2.75) is 13.1 Å². The number of ether oxygens (including phenoxy) is 1. The first-order chi connectivity index (χ1) is 13.7. The molecule has 0 saturated carbocycles. The molecule has 2 heterocycles. The molecule has 6 nitrogen and oxygen atoms in total. The first kappa shape index (κ1) is 18.3. The van der Waals surface area contributed by atoms with Crippen molar-refractivity contribution in [3.05, 3.63) is 70.7 Å². The van der Waals surface area contributed by atoms with Crippen LogP contribution in [0.3, 0.4) is 0 Å². The van der Waals surface area contributed by atoms with Crippen LogP contribution in [0.25, 0.3) is 11.8 Å². The molecule has 0 aliphatic carbocycles. The third-order valence-electron chi connectivity index (χ3n) is 4.40. The van der Waals surface area contributed by atoms with Gasteiger partial charge in [-0.25, -0.2) is 5.01 Å². The molecule has 1 N–H and O–H groups in total. The Kier molecular flexibility index (Phi) is 5.16. The van der Waals surface area contributed by atoms with E-state index in [-0.39, 0.29) is 5.91 Å². The van der Waals surface area contributed by atoms with E-state index >= 15 is 0 Å². The summed E-state index contributed by atoms with van der Waals surface area (Å²) < 4.78 is 5.20. The number of fused-ring (bicyclic) bond motifs is 2. The number of carbonyl (C=O) groups is 1. The van der Waals surface area contributed by atoms with Crippen molar-refractivity contribution in [3.63, 3.8) is 0 Å². The number of rotatable bonds is 4. The number of nitrogens with one attached hydrogen (secondary N) is 1. The topological polar surface area (TPSA) is 66.3 Å². The molecule has 142 valence electrons. The van der Waals surface area contributed by atoms with Crippen molar-refractivity contribution in [2.75, 3.05) is 12.9 Å². The predicted molar refractivity (Wildman–Crippen MR) is 112 cm³/mol. The molecule has 0 unspecified atom stereocenters. The molecule has 1 amide bonds. The van der Waals surface area contributed by atoms with E-state index in [4.69, 9.17) is 9.73 Å². The fourth-order valence-corrected chi connectivity index (χ4v) is 3.68. The van der Waals surface area contributed by atoms with E-state index in [0.717, 1.165) is 27.6 Å². The Labute approximate surface area is 167 Å². The first-order valence-electron chi connectivity index (χ1n) is 9.01. The zero-order chi connectivity index (χ0) is 19.5. The second-order valence-corrected chi connectivity index (χ2v) is 7.43. The number of thioether (sulfide) groups is 1. The lowest BCUT2D eigenvalue weighted by Crippen LogP contribution is -2.52. The number of benzene rings is 2. The molecule has 0 aromatic heterocycles. The molecule has 0 saturated heterocycles. The number of para-hydroxylation sites is 1. The summed E-state index contributed by atoms with van der Waals surface area (Å²) in [6.07, 6.45) is 3.53. The third kappa shape index (κ3) is 3.53. The maximum Gasteiger partial charge on any atom is 0.276 e. The van der Waals surface area contributed by atoms with Crippen LogP contribution in [0.15, 0.2) is 64.7 Å². The van der Waals surface area contributed by atoms with Crippen LogP contribution in [0.4, 0.5) is 0 Å². The second kappa shape index (κ2) is 7.90. The van der Waals surface area contributed by atoms with Gasteiger partial charge >= 0.3 is 0 Å². The molecule has 28 heavy (non-hydrogen) atoms. The molecule has 2 aliphatic heterocycles. The standard InChI is InChI=1S/C21H20N4O2S/c1-3-28-21-23-20(26)19-16-6-4-5-7-17(16)22-18(25(19)24-21)13-10-14-8-11-15(27-2)12-9-14/h4-13,18H,3H2,1-2H3,(H,23,24,26)/b13-10+/t18-/m0/s1. The van der Waals surface area contributed by atoms with E-state index in [1.165, 1.54) is 11.8 Å². The fraction of sp³-hybridized carbons (Fsp3) is 0.190. The molecule has 7 heteroatoms. The summed E-state index contributed by atoms with van der Waals surface area (Å²) in [6.45, 7) is 2.02.